The molecule has 3 aromatic rings. The van der Waals surface area contributed by atoms with Gasteiger partial charge in [0.25, 0.3) is 0 Å². The Balaban J connectivity index is 1.19. The van der Waals surface area contributed by atoms with Crippen molar-refractivity contribution in [3.63, 3.8) is 0 Å². The lowest BCUT2D eigenvalue weighted by Gasteiger charge is -2.25. The number of pyridine rings is 1. The molecule has 2 amide bonds. The van der Waals surface area contributed by atoms with E-state index in [0.29, 0.717) is 19.3 Å². The highest BCUT2D eigenvalue weighted by Crippen LogP contribution is 2.50. The van der Waals surface area contributed by atoms with Crippen LogP contribution in [0.4, 0.5) is 18.0 Å². The maximum Gasteiger partial charge on any atom is 0.416 e. The fourth-order valence-electron chi connectivity index (χ4n) is 6.16. The molecule has 1 heterocycles. The number of halogens is 3. The second kappa shape index (κ2) is 17.9. The van der Waals surface area contributed by atoms with E-state index in [9.17, 15) is 46.8 Å². The van der Waals surface area contributed by atoms with Crippen LogP contribution in [0.5, 0.6) is 5.75 Å². The fraction of sp³-hybridized carbons (Fsp3) is 0.514. The zero-order valence-corrected chi connectivity index (χ0v) is 31.1. The number of alkyl halides is 3. The second-order valence-electron chi connectivity index (χ2n) is 14.0. The number of amides is 2. The van der Waals surface area contributed by atoms with Crippen molar-refractivity contribution in [1.82, 2.24) is 25.2 Å². The average Bonchev–Trinajstić information content (AvgIpc) is 4.12. The molecule has 0 radical (unpaired) electrons. The quantitative estimate of drug-likeness (QED) is 0.0777. The Bertz CT molecular complexity index is 1880. The third-order valence-corrected chi connectivity index (χ3v) is 11.6. The molecule has 2 aliphatic rings. The highest BCUT2D eigenvalue weighted by molar-refractivity contribution is 7.89. The first-order valence-electron chi connectivity index (χ1n) is 18.0. The molecular formula is C37H48F3N5O9S. The standard InChI is InChI=1S/C37H48F3N5O9S/c1-45(17-5-4-15-42-35(51)43-21-30(47)33(49)34(50)31(48)22-46)55(52,53)25-10-11-28(37(38,39)40)23(18-25)19-44-36(13-14-36)29-20-41-16-12-26(29)27-6-2-3-7-32(27)54-24-8-9-24/h2-3,6-7,10-12,16,18,20,24,30-31,33-34,44,46-50H,4-5,8-9,13-15,17,19,21-22H2,1H3,(H2,42,43,51). The van der Waals surface area contributed by atoms with Crippen molar-refractivity contribution < 1.29 is 56.7 Å². The lowest BCUT2D eigenvalue weighted by atomic mass is 9.94. The number of aliphatic hydroxyl groups is 5. The number of rotatable bonds is 20. The van der Waals surface area contributed by atoms with Crippen LogP contribution < -0.4 is 20.7 Å². The van der Waals surface area contributed by atoms with Gasteiger partial charge in [0, 0.05) is 56.7 Å². The number of ether oxygens (including phenoxy) is 1. The number of aromatic nitrogens is 1. The molecular weight excluding hydrogens is 747 g/mol. The van der Waals surface area contributed by atoms with E-state index in [1.54, 1.807) is 12.4 Å². The van der Waals surface area contributed by atoms with Gasteiger partial charge >= 0.3 is 12.2 Å². The molecule has 1 aromatic heterocycles. The van der Waals surface area contributed by atoms with Crippen LogP contribution in [-0.4, -0.2) is 113 Å². The van der Waals surface area contributed by atoms with Crippen LogP contribution in [0.3, 0.4) is 0 Å². The Morgan fingerprint density at radius 1 is 1.00 bits per heavy atom. The van der Waals surface area contributed by atoms with E-state index < -0.39 is 70.9 Å². The Morgan fingerprint density at radius 2 is 1.71 bits per heavy atom. The number of nitrogens with zero attached hydrogens (tertiary/aromatic N) is 2. The molecule has 0 aliphatic heterocycles. The normalized spacial score (nSPS) is 17.6. The summed E-state index contributed by atoms with van der Waals surface area (Å²) in [5, 5.41) is 55.7. The molecule has 2 saturated carbocycles. The van der Waals surface area contributed by atoms with Gasteiger partial charge in [-0.05, 0) is 85.5 Å². The first-order valence-corrected chi connectivity index (χ1v) is 19.5. The molecule has 14 nitrogen and oxygen atoms in total. The highest BCUT2D eigenvalue weighted by Gasteiger charge is 2.46. The highest BCUT2D eigenvalue weighted by atomic mass is 32.2. The summed E-state index contributed by atoms with van der Waals surface area (Å²) in [6.45, 7) is -1.50. The minimum Gasteiger partial charge on any atom is -0.490 e. The van der Waals surface area contributed by atoms with Crippen LogP contribution in [-0.2, 0) is 28.3 Å². The number of benzene rings is 2. The minimum atomic E-state index is -4.73. The zero-order chi connectivity index (χ0) is 40.0. The zero-order valence-electron chi connectivity index (χ0n) is 30.2. The van der Waals surface area contributed by atoms with Gasteiger partial charge in [0.05, 0.1) is 29.3 Å². The fourth-order valence-corrected chi connectivity index (χ4v) is 7.42. The van der Waals surface area contributed by atoms with Crippen molar-refractivity contribution in [2.45, 2.75) is 92.2 Å². The number of nitrogens with one attached hydrogen (secondary N) is 3. The van der Waals surface area contributed by atoms with Crippen molar-refractivity contribution in [2.24, 2.45) is 0 Å². The first kappa shape index (κ1) is 42.3. The van der Waals surface area contributed by atoms with Crippen LogP contribution >= 0.6 is 0 Å². The number of carbonyl (C=O) groups is 1. The number of unbranched alkanes of at least 4 members (excludes halogenated alkanes) is 1. The number of aliphatic hydroxyl groups excluding tert-OH is 5. The molecule has 18 heteroatoms. The summed E-state index contributed by atoms with van der Waals surface area (Å²) in [4.78, 5) is 16.1. The third kappa shape index (κ3) is 10.7. The van der Waals surface area contributed by atoms with Gasteiger partial charge in [0.2, 0.25) is 10.0 Å². The van der Waals surface area contributed by atoms with Crippen molar-refractivity contribution in [3.8, 4) is 16.9 Å². The van der Waals surface area contributed by atoms with Gasteiger partial charge in [-0.15, -0.1) is 0 Å². The molecule has 8 N–H and O–H groups in total. The maximum atomic E-state index is 14.2. The molecule has 2 aromatic carbocycles. The number of hydrogen-bond acceptors (Lipinski definition) is 11. The van der Waals surface area contributed by atoms with E-state index in [-0.39, 0.29) is 42.6 Å². The number of urea groups is 1. The first-order chi connectivity index (χ1) is 26.1. The molecule has 0 saturated heterocycles. The van der Waals surface area contributed by atoms with E-state index in [1.165, 1.54) is 7.05 Å². The Morgan fingerprint density at radius 3 is 2.38 bits per heavy atom. The maximum absolute atomic E-state index is 14.2. The van der Waals surface area contributed by atoms with Crippen LogP contribution in [0.2, 0.25) is 0 Å². The summed E-state index contributed by atoms with van der Waals surface area (Å²) in [5.74, 6) is 0.723. The van der Waals surface area contributed by atoms with Gasteiger partial charge in [0.1, 0.15) is 24.1 Å². The van der Waals surface area contributed by atoms with Crippen LogP contribution in [0, 0.1) is 0 Å². The van der Waals surface area contributed by atoms with E-state index in [2.05, 4.69) is 20.9 Å². The minimum absolute atomic E-state index is 0.00491. The Hall–Kier alpha value is -3.88. The van der Waals surface area contributed by atoms with Gasteiger partial charge in [-0.1, -0.05) is 18.2 Å². The summed E-state index contributed by atoms with van der Waals surface area (Å²) in [5.41, 5.74) is 0.685. The van der Waals surface area contributed by atoms with Crippen LogP contribution in [0.1, 0.15) is 55.2 Å². The molecule has 2 aliphatic carbocycles. The van der Waals surface area contributed by atoms with Crippen molar-refractivity contribution in [1.29, 1.82) is 0 Å². The molecule has 55 heavy (non-hydrogen) atoms. The molecule has 4 unspecified atom stereocenters. The van der Waals surface area contributed by atoms with Gasteiger partial charge in [-0.2, -0.15) is 13.2 Å². The molecule has 4 atom stereocenters. The van der Waals surface area contributed by atoms with Gasteiger partial charge < -0.3 is 46.2 Å². The van der Waals surface area contributed by atoms with Gasteiger partial charge in [-0.3, -0.25) is 4.98 Å². The number of sulfonamides is 1. The monoisotopic (exact) mass is 795 g/mol. The van der Waals surface area contributed by atoms with E-state index in [1.807, 2.05) is 30.3 Å². The van der Waals surface area contributed by atoms with E-state index in [0.717, 1.165) is 57.8 Å². The van der Waals surface area contributed by atoms with E-state index in [4.69, 9.17) is 9.84 Å². The van der Waals surface area contributed by atoms with Gasteiger partial charge in [-0.25, -0.2) is 17.5 Å². The van der Waals surface area contributed by atoms with Crippen molar-refractivity contribution in [3.05, 3.63) is 77.6 Å². The summed E-state index contributed by atoms with van der Waals surface area (Å²) >= 11 is 0. The van der Waals surface area contributed by atoms with E-state index >= 15 is 0 Å². The largest absolute Gasteiger partial charge is 0.490 e. The predicted molar refractivity (Wildman–Crippen MR) is 194 cm³/mol. The summed E-state index contributed by atoms with van der Waals surface area (Å²) in [7, 11) is -2.89. The Labute approximate surface area is 317 Å². The number of para-hydroxylation sites is 1. The molecule has 0 spiro atoms. The average molecular weight is 796 g/mol. The summed E-state index contributed by atoms with van der Waals surface area (Å²) in [6, 6.07) is 11.5. The van der Waals surface area contributed by atoms with Crippen molar-refractivity contribution in [2.75, 3.05) is 33.3 Å². The topological polar surface area (TPSA) is 214 Å². The third-order valence-electron chi connectivity index (χ3n) is 9.77. The number of carbonyl (C=O) groups excluding carboxylic acids is 1. The molecule has 5 rings (SSSR count). The predicted octanol–water partition coefficient (Wildman–Crippen LogP) is 2.22. The second-order valence-corrected chi connectivity index (χ2v) is 16.0. The summed E-state index contributed by atoms with van der Waals surface area (Å²) < 4.78 is 76.9. The molecule has 2 fully saturated rings. The van der Waals surface area contributed by atoms with Crippen LogP contribution in [0.25, 0.3) is 11.1 Å². The number of hydrogen-bond donors (Lipinski definition) is 8. The van der Waals surface area contributed by atoms with Crippen LogP contribution in [0.15, 0.2) is 65.8 Å². The van der Waals surface area contributed by atoms with Crippen molar-refractivity contribution >= 4 is 16.1 Å². The molecule has 302 valence electrons. The summed E-state index contributed by atoms with van der Waals surface area (Å²) in [6.07, 6.45) is -4.39. The lowest BCUT2D eigenvalue weighted by molar-refractivity contribution is -0.138. The van der Waals surface area contributed by atoms with Gasteiger partial charge in [0.15, 0.2) is 0 Å². The Kier molecular flexibility index (Phi) is 13.8. The lowest BCUT2D eigenvalue weighted by Crippen LogP contribution is -2.50. The smallest absolute Gasteiger partial charge is 0.416 e. The SMILES string of the molecule is CN(CCCCNC(=O)NCC(O)C(O)C(O)C(O)CO)S(=O)(=O)c1ccc(C(F)(F)F)c(CNC2(c3cnccc3-c3ccccc3OC3CC3)CC2)c1. The molecule has 0 bridgehead atoms.